The van der Waals surface area contributed by atoms with Crippen LogP contribution in [0.2, 0.25) is 0 Å². The van der Waals surface area contributed by atoms with Gasteiger partial charge in [0, 0.05) is 6.42 Å². The molecule has 0 saturated heterocycles. The van der Waals surface area contributed by atoms with Crippen molar-refractivity contribution in [3.05, 3.63) is 71.8 Å². The van der Waals surface area contributed by atoms with Crippen molar-refractivity contribution in [2.24, 2.45) is 5.92 Å². The van der Waals surface area contributed by atoms with Gasteiger partial charge in [0.2, 0.25) is 11.8 Å². The first-order chi connectivity index (χ1) is 19.1. The van der Waals surface area contributed by atoms with Crippen LogP contribution in [-0.4, -0.2) is 73.3 Å². The van der Waals surface area contributed by atoms with Gasteiger partial charge in [-0.15, -0.1) is 0 Å². The highest BCUT2D eigenvalue weighted by molar-refractivity contribution is 5.91. The lowest BCUT2D eigenvalue weighted by molar-refractivity contribution is -0.143. The second kappa shape index (κ2) is 16.5. The zero-order valence-electron chi connectivity index (χ0n) is 22.7. The number of carbonyl (C=O) groups is 5. The highest BCUT2D eigenvalue weighted by Gasteiger charge is 2.33. The number of hydrogen-bond acceptors (Lipinski definition) is 8. The normalized spacial score (nSPS) is 12.8. The summed E-state index contributed by atoms with van der Waals surface area (Å²) in [4.78, 5) is 61.6. The van der Waals surface area contributed by atoms with E-state index in [-0.39, 0.29) is 13.0 Å². The first-order valence-electron chi connectivity index (χ1n) is 12.7. The van der Waals surface area contributed by atoms with Gasteiger partial charge in [0.25, 0.3) is 5.91 Å². The summed E-state index contributed by atoms with van der Waals surface area (Å²) in [6.07, 6.45) is -2.38. The summed E-state index contributed by atoms with van der Waals surface area (Å²) >= 11 is 0. The van der Waals surface area contributed by atoms with Crippen molar-refractivity contribution >= 4 is 29.8 Å². The van der Waals surface area contributed by atoms with Crippen LogP contribution in [0, 0.1) is 5.92 Å². The summed E-state index contributed by atoms with van der Waals surface area (Å²) in [7, 11) is 1.16. The summed E-state index contributed by atoms with van der Waals surface area (Å²) in [6, 6.07) is 15.8. The molecular formula is C28H36N4O8. The molecule has 0 aromatic heterocycles. The standard InChI is InChI=1S/C28H36N4O8/c1-18(2)24(25(35)27(37)29-16-23(34)39-3)32-26(36)21(14-19-10-6-4-7-11-19)31-22(33)15-30-28(38)40-17-20-12-8-5-9-13-20/h4-13,18,21,24-25,35H,14-17H2,1-3H3,(H,29,37)(H,30,38)(H,31,33)(H,32,36)/t21-,24-,25?/m0/s1. The molecule has 0 saturated carbocycles. The summed E-state index contributed by atoms with van der Waals surface area (Å²) in [6.45, 7) is 2.52. The lowest BCUT2D eigenvalue weighted by atomic mass is 9.96. The fraction of sp³-hybridized carbons (Fsp3) is 0.393. The SMILES string of the molecule is COC(=O)CNC(=O)C(O)[C@@H](NC(=O)[C@H](Cc1ccccc1)NC(=O)CNC(=O)OCc1ccccc1)C(C)C. The van der Waals surface area contributed by atoms with E-state index in [1.165, 1.54) is 0 Å². The van der Waals surface area contributed by atoms with Crippen LogP contribution in [0.1, 0.15) is 25.0 Å². The third-order valence-electron chi connectivity index (χ3n) is 5.81. The zero-order valence-corrected chi connectivity index (χ0v) is 22.7. The van der Waals surface area contributed by atoms with Gasteiger partial charge in [0.1, 0.15) is 25.7 Å². The largest absolute Gasteiger partial charge is 0.468 e. The van der Waals surface area contributed by atoms with E-state index >= 15 is 0 Å². The van der Waals surface area contributed by atoms with E-state index < -0.39 is 67.0 Å². The number of benzene rings is 2. The van der Waals surface area contributed by atoms with Gasteiger partial charge in [-0.25, -0.2) is 4.79 Å². The third-order valence-corrected chi connectivity index (χ3v) is 5.81. The second-order valence-electron chi connectivity index (χ2n) is 9.24. The molecule has 3 atom stereocenters. The van der Waals surface area contributed by atoms with E-state index in [0.717, 1.165) is 18.2 Å². The van der Waals surface area contributed by atoms with Crippen molar-refractivity contribution in [1.29, 1.82) is 0 Å². The van der Waals surface area contributed by atoms with Crippen LogP contribution >= 0.6 is 0 Å². The molecule has 2 rings (SSSR count). The number of amides is 4. The van der Waals surface area contributed by atoms with Crippen LogP contribution in [0.3, 0.4) is 0 Å². The summed E-state index contributed by atoms with van der Waals surface area (Å²) in [5, 5.41) is 20.4. The number of aliphatic hydroxyl groups excluding tert-OH is 1. The Morgan fingerprint density at radius 1 is 0.800 bits per heavy atom. The molecule has 2 aromatic carbocycles. The predicted molar refractivity (Wildman–Crippen MR) is 145 cm³/mol. The molecule has 5 N–H and O–H groups in total. The van der Waals surface area contributed by atoms with Crippen LogP contribution in [0.15, 0.2) is 60.7 Å². The first kappa shape index (κ1) is 31.8. The van der Waals surface area contributed by atoms with Crippen molar-refractivity contribution in [1.82, 2.24) is 21.3 Å². The van der Waals surface area contributed by atoms with Crippen LogP contribution < -0.4 is 21.3 Å². The molecule has 0 spiro atoms. The van der Waals surface area contributed by atoms with Crippen molar-refractivity contribution in [3.8, 4) is 0 Å². The molecule has 0 aliphatic rings. The van der Waals surface area contributed by atoms with E-state index in [4.69, 9.17) is 4.74 Å². The van der Waals surface area contributed by atoms with Crippen molar-refractivity contribution in [2.75, 3.05) is 20.2 Å². The van der Waals surface area contributed by atoms with Crippen LogP contribution in [0.5, 0.6) is 0 Å². The molecule has 0 bridgehead atoms. The van der Waals surface area contributed by atoms with Gasteiger partial charge >= 0.3 is 12.1 Å². The lowest BCUT2D eigenvalue weighted by Gasteiger charge is -2.29. The van der Waals surface area contributed by atoms with E-state index in [9.17, 15) is 29.1 Å². The molecule has 0 aliphatic carbocycles. The molecule has 40 heavy (non-hydrogen) atoms. The molecule has 4 amide bonds. The summed E-state index contributed by atoms with van der Waals surface area (Å²) < 4.78 is 9.56. The summed E-state index contributed by atoms with van der Waals surface area (Å²) in [5.74, 6) is -3.26. The molecule has 0 fully saturated rings. The molecule has 12 nitrogen and oxygen atoms in total. The number of carbonyl (C=O) groups excluding carboxylic acids is 5. The maximum absolute atomic E-state index is 13.3. The Hall–Kier alpha value is -4.45. The number of rotatable bonds is 14. The van der Waals surface area contributed by atoms with Crippen molar-refractivity contribution in [3.63, 3.8) is 0 Å². The smallest absolute Gasteiger partial charge is 0.407 e. The Morgan fingerprint density at radius 2 is 1.40 bits per heavy atom. The maximum Gasteiger partial charge on any atom is 0.407 e. The van der Waals surface area contributed by atoms with Crippen LogP contribution in [-0.2, 0) is 41.7 Å². The van der Waals surface area contributed by atoms with Gasteiger partial charge in [0.05, 0.1) is 13.2 Å². The fourth-order valence-electron chi connectivity index (χ4n) is 3.61. The fourth-order valence-corrected chi connectivity index (χ4v) is 3.61. The van der Waals surface area contributed by atoms with E-state index in [2.05, 4.69) is 26.0 Å². The number of aliphatic hydroxyl groups is 1. The molecule has 0 radical (unpaired) electrons. The number of esters is 1. The number of alkyl carbamates (subject to hydrolysis) is 1. The third kappa shape index (κ3) is 11.1. The lowest BCUT2D eigenvalue weighted by Crippen LogP contribution is -2.58. The Balaban J connectivity index is 2.02. The van der Waals surface area contributed by atoms with E-state index in [1.807, 2.05) is 6.07 Å². The number of methoxy groups -OCH3 is 1. The average molecular weight is 557 g/mol. The Labute approximate surface area is 232 Å². The molecule has 1 unspecified atom stereocenters. The molecule has 2 aromatic rings. The molecule has 216 valence electrons. The second-order valence-corrected chi connectivity index (χ2v) is 9.24. The topological polar surface area (TPSA) is 172 Å². The van der Waals surface area contributed by atoms with Crippen molar-refractivity contribution in [2.45, 2.75) is 45.1 Å². The Morgan fingerprint density at radius 3 is 1.98 bits per heavy atom. The first-order valence-corrected chi connectivity index (χ1v) is 12.7. The van der Waals surface area contributed by atoms with E-state index in [0.29, 0.717) is 0 Å². The van der Waals surface area contributed by atoms with Crippen LogP contribution in [0.25, 0.3) is 0 Å². The molecular weight excluding hydrogens is 520 g/mol. The van der Waals surface area contributed by atoms with Crippen molar-refractivity contribution < 1.29 is 38.6 Å². The average Bonchev–Trinajstić information content (AvgIpc) is 2.96. The molecule has 0 heterocycles. The molecule has 12 heteroatoms. The van der Waals surface area contributed by atoms with Gasteiger partial charge in [-0.1, -0.05) is 74.5 Å². The van der Waals surface area contributed by atoms with Gasteiger partial charge in [-0.2, -0.15) is 0 Å². The zero-order chi connectivity index (χ0) is 29.5. The quantitative estimate of drug-likeness (QED) is 0.209. The van der Waals surface area contributed by atoms with Gasteiger partial charge in [0.15, 0.2) is 6.10 Å². The van der Waals surface area contributed by atoms with E-state index in [1.54, 1.807) is 68.4 Å². The predicted octanol–water partition coefficient (Wildman–Crippen LogP) is 0.431. The maximum atomic E-state index is 13.3. The Kier molecular flexibility index (Phi) is 13.1. The minimum Gasteiger partial charge on any atom is -0.468 e. The minimum absolute atomic E-state index is 0.0272. The Bertz CT molecular complexity index is 1130. The van der Waals surface area contributed by atoms with Gasteiger partial charge < -0.3 is 35.8 Å². The monoisotopic (exact) mass is 556 g/mol. The minimum atomic E-state index is -1.68. The van der Waals surface area contributed by atoms with Gasteiger partial charge in [-0.3, -0.25) is 19.2 Å². The number of nitrogens with one attached hydrogen (secondary N) is 4. The van der Waals surface area contributed by atoms with Gasteiger partial charge in [-0.05, 0) is 17.0 Å². The molecule has 0 aliphatic heterocycles. The highest BCUT2D eigenvalue weighted by atomic mass is 16.5. The highest BCUT2D eigenvalue weighted by Crippen LogP contribution is 2.10. The summed E-state index contributed by atoms with van der Waals surface area (Å²) in [5.41, 5.74) is 1.53. The van der Waals surface area contributed by atoms with Crippen LogP contribution in [0.4, 0.5) is 4.79 Å². The number of hydrogen-bond donors (Lipinski definition) is 5. The number of ether oxygens (including phenoxy) is 2.